The van der Waals surface area contributed by atoms with E-state index >= 15 is 0 Å². The van der Waals surface area contributed by atoms with Crippen molar-refractivity contribution in [1.82, 2.24) is 14.6 Å². The molecule has 0 radical (unpaired) electrons. The monoisotopic (exact) mass is 320 g/mol. The molecule has 2 heterocycles. The standard InChI is InChI=1S/C14H13ClN4O3/c1-8-12(22-13-16-7-17-19(8)13)9(2)21-14(20)18-11-6-4-3-5-10(11)15/h3-7,9H,1-2H3,(H,18,20). The van der Waals surface area contributed by atoms with E-state index in [0.29, 0.717) is 22.3 Å². The molecule has 0 fully saturated rings. The van der Waals surface area contributed by atoms with Crippen molar-refractivity contribution in [2.75, 3.05) is 5.32 Å². The number of hydrogen-bond acceptors (Lipinski definition) is 5. The number of carbonyl (C=O) groups excluding carboxylic acids is 1. The van der Waals surface area contributed by atoms with Gasteiger partial charge in [-0.15, -0.1) is 0 Å². The summed E-state index contributed by atoms with van der Waals surface area (Å²) >= 11 is 5.98. The fourth-order valence-corrected chi connectivity index (χ4v) is 2.28. The molecule has 0 saturated heterocycles. The highest BCUT2D eigenvalue weighted by atomic mass is 35.5. The molecule has 0 saturated carbocycles. The third-order valence-corrected chi connectivity index (χ3v) is 3.49. The van der Waals surface area contributed by atoms with Crippen molar-refractivity contribution in [3.8, 4) is 0 Å². The van der Waals surface area contributed by atoms with E-state index < -0.39 is 12.2 Å². The maximum atomic E-state index is 11.9. The highest BCUT2D eigenvalue weighted by Gasteiger charge is 2.21. The lowest BCUT2D eigenvalue weighted by molar-refractivity contribution is 0.108. The molecule has 0 spiro atoms. The number of aromatic nitrogens is 3. The number of rotatable bonds is 3. The Morgan fingerprint density at radius 2 is 2.23 bits per heavy atom. The summed E-state index contributed by atoms with van der Waals surface area (Å²) < 4.78 is 12.4. The van der Waals surface area contributed by atoms with Crippen LogP contribution in [0.4, 0.5) is 10.5 Å². The molecule has 1 amide bonds. The van der Waals surface area contributed by atoms with Gasteiger partial charge in [0.05, 0.1) is 16.4 Å². The smallest absolute Gasteiger partial charge is 0.412 e. The van der Waals surface area contributed by atoms with E-state index in [1.54, 1.807) is 35.7 Å². The van der Waals surface area contributed by atoms with Gasteiger partial charge in [-0.25, -0.2) is 4.79 Å². The van der Waals surface area contributed by atoms with Crippen LogP contribution >= 0.6 is 11.6 Å². The summed E-state index contributed by atoms with van der Waals surface area (Å²) in [5.74, 6) is 0.847. The van der Waals surface area contributed by atoms with Crippen LogP contribution in [0.15, 0.2) is 35.0 Å². The quantitative estimate of drug-likeness (QED) is 0.797. The first-order valence-corrected chi connectivity index (χ1v) is 6.95. The van der Waals surface area contributed by atoms with E-state index in [1.807, 2.05) is 6.92 Å². The van der Waals surface area contributed by atoms with Crippen LogP contribution in [0.5, 0.6) is 0 Å². The van der Waals surface area contributed by atoms with E-state index in [4.69, 9.17) is 20.8 Å². The predicted molar refractivity (Wildman–Crippen MR) is 80.0 cm³/mol. The van der Waals surface area contributed by atoms with Gasteiger partial charge in [-0.05, 0) is 26.0 Å². The van der Waals surface area contributed by atoms with Gasteiger partial charge < -0.3 is 9.15 Å². The van der Waals surface area contributed by atoms with Crippen molar-refractivity contribution >= 4 is 29.2 Å². The van der Waals surface area contributed by atoms with Crippen LogP contribution in [0.2, 0.25) is 5.02 Å². The topological polar surface area (TPSA) is 81.7 Å². The van der Waals surface area contributed by atoms with E-state index in [0.717, 1.165) is 5.69 Å². The Labute approximate surface area is 130 Å². The minimum absolute atomic E-state index is 0.356. The second-order valence-corrected chi connectivity index (χ2v) is 5.07. The Hall–Kier alpha value is -2.54. The Bertz CT molecular complexity index is 826. The molecule has 0 aliphatic carbocycles. The highest BCUT2D eigenvalue weighted by molar-refractivity contribution is 6.33. The van der Waals surface area contributed by atoms with E-state index in [9.17, 15) is 4.79 Å². The average molecular weight is 321 g/mol. The van der Waals surface area contributed by atoms with Crippen molar-refractivity contribution in [3.05, 3.63) is 47.1 Å². The molecular formula is C14H13ClN4O3. The highest BCUT2D eigenvalue weighted by Crippen LogP contribution is 2.25. The first-order valence-electron chi connectivity index (χ1n) is 6.57. The number of anilines is 1. The van der Waals surface area contributed by atoms with Gasteiger partial charge in [0.1, 0.15) is 6.33 Å². The Morgan fingerprint density at radius 1 is 1.45 bits per heavy atom. The fourth-order valence-electron chi connectivity index (χ4n) is 2.10. The molecule has 1 unspecified atom stereocenters. The zero-order valence-corrected chi connectivity index (χ0v) is 12.7. The minimum Gasteiger partial charge on any atom is -0.438 e. The fraction of sp³-hybridized carbons (Fsp3) is 0.214. The Morgan fingerprint density at radius 3 is 2.95 bits per heavy atom. The third-order valence-electron chi connectivity index (χ3n) is 3.16. The third kappa shape index (κ3) is 2.62. The first kappa shape index (κ1) is 14.4. The largest absolute Gasteiger partial charge is 0.438 e. The number of fused-ring (bicyclic) bond motifs is 1. The van der Waals surface area contributed by atoms with Crippen LogP contribution in [0, 0.1) is 6.92 Å². The lowest BCUT2D eigenvalue weighted by atomic mass is 10.2. The molecule has 3 aromatic rings. The normalized spacial score (nSPS) is 12.3. The summed E-state index contributed by atoms with van der Waals surface area (Å²) in [5, 5.41) is 7.04. The number of carbonyl (C=O) groups is 1. The van der Waals surface area contributed by atoms with Crippen molar-refractivity contribution in [1.29, 1.82) is 0 Å². The predicted octanol–water partition coefficient (Wildman–Crippen LogP) is 3.59. The van der Waals surface area contributed by atoms with E-state index in [1.165, 1.54) is 6.33 Å². The summed E-state index contributed by atoms with van der Waals surface area (Å²) in [6.45, 7) is 3.52. The van der Waals surface area contributed by atoms with Crippen molar-refractivity contribution < 1.29 is 13.9 Å². The summed E-state index contributed by atoms with van der Waals surface area (Å²) in [6.07, 6.45) is 0.179. The second kappa shape index (κ2) is 5.69. The molecular weight excluding hydrogens is 308 g/mol. The van der Waals surface area contributed by atoms with Crippen LogP contribution in [-0.2, 0) is 4.74 Å². The maximum Gasteiger partial charge on any atom is 0.412 e. The average Bonchev–Trinajstić information content (AvgIpc) is 3.05. The van der Waals surface area contributed by atoms with Gasteiger partial charge in [0.25, 0.3) is 0 Å². The van der Waals surface area contributed by atoms with Crippen LogP contribution in [0.25, 0.3) is 5.84 Å². The molecule has 0 aliphatic heterocycles. The van der Waals surface area contributed by atoms with Gasteiger partial charge in [-0.1, -0.05) is 23.7 Å². The number of ether oxygens (including phenoxy) is 1. The zero-order chi connectivity index (χ0) is 15.7. The number of aryl methyl sites for hydroxylation is 1. The molecule has 22 heavy (non-hydrogen) atoms. The van der Waals surface area contributed by atoms with Gasteiger partial charge >= 0.3 is 11.9 Å². The lowest BCUT2D eigenvalue weighted by Crippen LogP contribution is -2.16. The first-order chi connectivity index (χ1) is 10.6. The maximum absolute atomic E-state index is 11.9. The molecule has 0 aliphatic rings. The molecule has 1 N–H and O–H groups in total. The summed E-state index contributed by atoms with van der Waals surface area (Å²) in [4.78, 5) is 15.9. The summed E-state index contributed by atoms with van der Waals surface area (Å²) in [7, 11) is 0. The summed E-state index contributed by atoms with van der Waals surface area (Å²) in [6, 6.07) is 6.90. The van der Waals surface area contributed by atoms with Gasteiger partial charge in [0, 0.05) is 0 Å². The second-order valence-electron chi connectivity index (χ2n) is 4.66. The summed E-state index contributed by atoms with van der Waals surface area (Å²) in [5.41, 5.74) is 1.21. The molecule has 7 nitrogen and oxygen atoms in total. The van der Waals surface area contributed by atoms with Crippen molar-refractivity contribution in [2.24, 2.45) is 0 Å². The van der Waals surface area contributed by atoms with Gasteiger partial charge in [-0.2, -0.15) is 14.6 Å². The Balaban J connectivity index is 1.72. The van der Waals surface area contributed by atoms with Crippen molar-refractivity contribution in [3.63, 3.8) is 0 Å². The Kier molecular flexibility index (Phi) is 3.72. The SMILES string of the molecule is Cc1c(C(C)OC(=O)Nc2ccccc2Cl)oc2ncnn12. The molecule has 0 bridgehead atoms. The number of hydrogen-bond donors (Lipinski definition) is 1. The minimum atomic E-state index is -0.623. The molecule has 1 aromatic carbocycles. The number of benzene rings is 1. The van der Waals surface area contributed by atoms with E-state index in [2.05, 4.69) is 15.4 Å². The molecule has 3 rings (SSSR count). The molecule has 1 atom stereocenters. The van der Waals surface area contributed by atoms with Crippen LogP contribution in [-0.4, -0.2) is 20.7 Å². The zero-order valence-electron chi connectivity index (χ0n) is 11.9. The molecule has 114 valence electrons. The number of nitrogens with one attached hydrogen (secondary N) is 1. The van der Waals surface area contributed by atoms with Crippen molar-refractivity contribution in [2.45, 2.75) is 20.0 Å². The van der Waals surface area contributed by atoms with Crippen LogP contribution < -0.4 is 5.32 Å². The number of nitrogens with zero attached hydrogens (tertiary/aromatic N) is 3. The van der Waals surface area contributed by atoms with Crippen LogP contribution in [0.3, 0.4) is 0 Å². The van der Waals surface area contributed by atoms with Gasteiger partial charge in [-0.3, -0.25) is 5.32 Å². The lowest BCUT2D eigenvalue weighted by Gasteiger charge is -2.12. The van der Waals surface area contributed by atoms with Gasteiger partial charge in [0.2, 0.25) is 0 Å². The number of para-hydroxylation sites is 1. The number of halogens is 1. The van der Waals surface area contributed by atoms with Gasteiger partial charge in [0.15, 0.2) is 11.9 Å². The van der Waals surface area contributed by atoms with E-state index in [-0.39, 0.29) is 0 Å². The number of oxazole rings is 1. The molecule has 2 aromatic heterocycles. The molecule has 8 heteroatoms. The van der Waals surface area contributed by atoms with Crippen LogP contribution in [0.1, 0.15) is 24.5 Å². The number of amides is 1.